The Morgan fingerprint density at radius 2 is 1.72 bits per heavy atom. The zero-order valence-electron chi connectivity index (χ0n) is 19.2. The normalized spacial score (nSPS) is 17.8. The van der Waals surface area contributed by atoms with Crippen molar-refractivity contribution in [2.45, 2.75) is 63.4 Å². The molecule has 172 valence electrons. The summed E-state index contributed by atoms with van der Waals surface area (Å²) in [7, 11) is -3.80. The summed E-state index contributed by atoms with van der Waals surface area (Å²) >= 11 is 0. The third kappa shape index (κ3) is 4.99. The Hall–Kier alpha value is -2.38. The quantitative estimate of drug-likeness (QED) is 0.680. The first-order chi connectivity index (χ1) is 15.3. The molecule has 1 saturated carbocycles. The molecule has 4 rings (SSSR count). The zero-order valence-corrected chi connectivity index (χ0v) is 20.0. The topological polar surface area (TPSA) is 69.7 Å². The van der Waals surface area contributed by atoms with E-state index in [1.54, 1.807) is 30.3 Å². The highest BCUT2D eigenvalue weighted by molar-refractivity contribution is 7.92. The molecule has 1 aliphatic carbocycles. The van der Waals surface area contributed by atoms with Crippen LogP contribution in [0.25, 0.3) is 0 Å². The molecule has 1 N–H and O–H groups in total. The number of hydrogen-bond donors (Lipinski definition) is 1. The van der Waals surface area contributed by atoms with Crippen LogP contribution in [0.4, 0.5) is 5.69 Å². The van der Waals surface area contributed by atoms with Gasteiger partial charge in [0, 0.05) is 36.4 Å². The predicted molar refractivity (Wildman–Crippen MR) is 127 cm³/mol. The largest absolute Gasteiger partial charge is 0.333 e. The summed E-state index contributed by atoms with van der Waals surface area (Å²) in [5.41, 5.74) is 2.78. The van der Waals surface area contributed by atoms with Gasteiger partial charge >= 0.3 is 0 Å². The molecule has 0 atom stereocenters. The lowest BCUT2D eigenvalue weighted by molar-refractivity contribution is 0.0553. The maximum atomic E-state index is 13.7. The van der Waals surface area contributed by atoms with Crippen molar-refractivity contribution in [3.63, 3.8) is 0 Å². The SMILES string of the molecule is CCN1CCC(N(C(=O)c2cc(S(=O)(=O)Nc3cccc(C)c3)ccc2C)C2CC2)CC1. The highest BCUT2D eigenvalue weighted by atomic mass is 32.2. The lowest BCUT2D eigenvalue weighted by Gasteiger charge is -2.38. The summed E-state index contributed by atoms with van der Waals surface area (Å²) in [6, 6.07) is 12.6. The van der Waals surface area contributed by atoms with Crippen LogP contribution < -0.4 is 4.72 Å². The van der Waals surface area contributed by atoms with E-state index >= 15 is 0 Å². The van der Waals surface area contributed by atoms with Gasteiger partial charge in [-0.1, -0.05) is 25.1 Å². The first-order valence-electron chi connectivity index (χ1n) is 11.5. The molecule has 7 heteroatoms. The monoisotopic (exact) mass is 455 g/mol. The molecular formula is C25H33N3O3S. The summed E-state index contributed by atoms with van der Waals surface area (Å²) in [4.78, 5) is 18.3. The van der Waals surface area contributed by atoms with Crippen molar-refractivity contribution in [2.24, 2.45) is 0 Å². The van der Waals surface area contributed by atoms with E-state index < -0.39 is 10.0 Å². The molecule has 1 aliphatic heterocycles. The number of hydrogen-bond acceptors (Lipinski definition) is 4. The van der Waals surface area contributed by atoms with Crippen LogP contribution in [0, 0.1) is 13.8 Å². The van der Waals surface area contributed by atoms with Gasteiger partial charge in [-0.15, -0.1) is 0 Å². The minimum Gasteiger partial charge on any atom is -0.333 e. The number of anilines is 1. The molecule has 0 aromatic heterocycles. The van der Waals surface area contributed by atoms with Gasteiger partial charge in [-0.25, -0.2) is 8.42 Å². The number of piperidine rings is 1. The molecular weight excluding hydrogens is 422 g/mol. The van der Waals surface area contributed by atoms with Crippen molar-refractivity contribution < 1.29 is 13.2 Å². The van der Waals surface area contributed by atoms with Gasteiger partial charge in [0.15, 0.2) is 0 Å². The number of nitrogens with one attached hydrogen (secondary N) is 1. The van der Waals surface area contributed by atoms with Crippen molar-refractivity contribution in [3.8, 4) is 0 Å². The summed E-state index contributed by atoms with van der Waals surface area (Å²) in [6.45, 7) is 9.01. The summed E-state index contributed by atoms with van der Waals surface area (Å²) in [5, 5.41) is 0. The molecule has 0 bridgehead atoms. The molecule has 2 aromatic carbocycles. The Balaban J connectivity index is 1.59. The number of carbonyl (C=O) groups is 1. The van der Waals surface area contributed by atoms with E-state index in [9.17, 15) is 13.2 Å². The van der Waals surface area contributed by atoms with E-state index in [-0.39, 0.29) is 22.9 Å². The number of benzene rings is 2. The molecule has 6 nitrogen and oxygen atoms in total. The highest BCUT2D eigenvalue weighted by Crippen LogP contribution is 2.34. The van der Waals surface area contributed by atoms with E-state index in [1.807, 2.05) is 26.0 Å². The van der Waals surface area contributed by atoms with Crippen LogP contribution in [0.2, 0.25) is 0 Å². The minimum absolute atomic E-state index is 0.0347. The molecule has 1 amide bonds. The Bertz CT molecular complexity index is 1090. The molecule has 1 heterocycles. The maximum Gasteiger partial charge on any atom is 0.261 e. The fourth-order valence-corrected chi connectivity index (χ4v) is 5.63. The van der Waals surface area contributed by atoms with Crippen molar-refractivity contribution >= 4 is 21.6 Å². The number of likely N-dealkylation sites (tertiary alicyclic amines) is 1. The van der Waals surface area contributed by atoms with E-state index in [1.165, 1.54) is 0 Å². The minimum atomic E-state index is -3.80. The average molecular weight is 456 g/mol. The van der Waals surface area contributed by atoms with Gasteiger partial charge in [-0.3, -0.25) is 9.52 Å². The van der Waals surface area contributed by atoms with Crippen molar-refractivity contribution in [3.05, 3.63) is 59.2 Å². The van der Waals surface area contributed by atoms with Crippen LogP contribution >= 0.6 is 0 Å². The Morgan fingerprint density at radius 1 is 1.03 bits per heavy atom. The fourth-order valence-electron chi connectivity index (χ4n) is 4.56. The fraction of sp³-hybridized carbons (Fsp3) is 0.480. The standard InChI is InChI=1S/C25H33N3O3S/c1-4-27-14-12-22(13-15-27)28(21-9-10-21)25(29)24-17-23(11-8-19(24)3)32(30,31)26-20-7-5-6-18(2)16-20/h5-8,11,16-17,21-22,26H,4,9-10,12-15H2,1-3H3. The van der Waals surface area contributed by atoms with Gasteiger partial charge < -0.3 is 9.80 Å². The van der Waals surface area contributed by atoms with Crippen LogP contribution in [0.5, 0.6) is 0 Å². The van der Waals surface area contributed by atoms with Crippen molar-refractivity contribution in [1.82, 2.24) is 9.80 Å². The second-order valence-electron chi connectivity index (χ2n) is 9.06. The van der Waals surface area contributed by atoms with Crippen LogP contribution in [0.1, 0.15) is 54.1 Å². The van der Waals surface area contributed by atoms with E-state index in [0.717, 1.165) is 56.4 Å². The Morgan fingerprint density at radius 3 is 2.34 bits per heavy atom. The number of nitrogens with zero attached hydrogens (tertiary/aromatic N) is 2. The number of carbonyl (C=O) groups excluding carboxylic acids is 1. The van der Waals surface area contributed by atoms with Gasteiger partial charge in [0.25, 0.3) is 15.9 Å². The van der Waals surface area contributed by atoms with Crippen molar-refractivity contribution in [1.29, 1.82) is 0 Å². The number of sulfonamides is 1. The first kappa shape index (κ1) is 22.8. The Labute approximate surface area is 191 Å². The third-order valence-electron chi connectivity index (χ3n) is 6.59. The van der Waals surface area contributed by atoms with E-state index in [0.29, 0.717) is 11.3 Å². The van der Waals surface area contributed by atoms with Crippen LogP contribution in [0.3, 0.4) is 0 Å². The Kier molecular flexibility index (Phi) is 6.58. The second kappa shape index (κ2) is 9.24. The molecule has 2 aromatic rings. The number of aryl methyl sites for hydroxylation is 2. The smallest absolute Gasteiger partial charge is 0.261 e. The molecule has 0 spiro atoms. The molecule has 0 radical (unpaired) electrons. The predicted octanol–water partition coefficient (Wildman–Crippen LogP) is 4.19. The summed E-state index contributed by atoms with van der Waals surface area (Å²) in [6.07, 6.45) is 4.02. The lowest BCUT2D eigenvalue weighted by Crippen LogP contribution is -2.48. The third-order valence-corrected chi connectivity index (χ3v) is 7.97. The highest BCUT2D eigenvalue weighted by Gasteiger charge is 2.39. The van der Waals surface area contributed by atoms with Crippen molar-refractivity contribution in [2.75, 3.05) is 24.4 Å². The number of amides is 1. The number of rotatable bonds is 7. The average Bonchev–Trinajstić information content (AvgIpc) is 3.59. The van der Waals surface area contributed by atoms with Gasteiger partial charge in [0.1, 0.15) is 0 Å². The first-order valence-corrected chi connectivity index (χ1v) is 13.0. The second-order valence-corrected chi connectivity index (χ2v) is 10.7. The van der Waals surface area contributed by atoms with Gasteiger partial charge in [0.2, 0.25) is 0 Å². The van der Waals surface area contributed by atoms with Crippen LogP contribution in [-0.2, 0) is 10.0 Å². The zero-order chi connectivity index (χ0) is 22.9. The summed E-state index contributed by atoms with van der Waals surface area (Å²) < 4.78 is 28.7. The molecule has 2 aliphatic rings. The van der Waals surface area contributed by atoms with E-state index in [4.69, 9.17) is 0 Å². The van der Waals surface area contributed by atoms with Crippen LogP contribution in [0.15, 0.2) is 47.4 Å². The molecule has 2 fully saturated rings. The van der Waals surface area contributed by atoms with Crippen LogP contribution in [-0.4, -0.2) is 55.8 Å². The van der Waals surface area contributed by atoms with Gasteiger partial charge in [0.05, 0.1) is 4.90 Å². The van der Waals surface area contributed by atoms with Gasteiger partial charge in [-0.2, -0.15) is 0 Å². The molecule has 32 heavy (non-hydrogen) atoms. The molecule has 0 unspecified atom stereocenters. The van der Waals surface area contributed by atoms with Gasteiger partial charge in [-0.05, 0) is 81.5 Å². The maximum absolute atomic E-state index is 13.7. The molecule has 1 saturated heterocycles. The summed E-state index contributed by atoms with van der Waals surface area (Å²) in [5.74, 6) is -0.0347. The van der Waals surface area contributed by atoms with E-state index in [2.05, 4.69) is 21.4 Å². The lowest BCUT2D eigenvalue weighted by atomic mass is 10.00.